The molecule has 1 rings (SSSR count). The molecule has 1 aliphatic heterocycles. The average molecular weight is 128 g/mol. The Bertz CT molecular complexity index is 69.9. The van der Waals surface area contributed by atoms with Crippen molar-refractivity contribution in [2.24, 2.45) is 0 Å². The summed E-state index contributed by atoms with van der Waals surface area (Å²) in [7, 11) is 0. The van der Waals surface area contributed by atoms with Crippen LogP contribution in [0.15, 0.2) is 0 Å². The topological polar surface area (TPSA) is 33.0 Å². The summed E-state index contributed by atoms with van der Waals surface area (Å²) in [5.74, 6) is 0. The molecule has 1 aliphatic rings. The molecule has 2 nitrogen and oxygen atoms in total. The van der Waals surface area contributed by atoms with Crippen molar-refractivity contribution >= 4 is 0 Å². The smallest absolute Gasteiger partial charge is 0.0566 e. The molecule has 0 aliphatic carbocycles. The molecule has 0 bridgehead atoms. The van der Waals surface area contributed by atoms with Crippen molar-refractivity contribution in [2.45, 2.75) is 44.9 Å². The lowest BCUT2D eigenvalue weighted by Gasteiger charge is -2.28. The van der Waals surface area contributed by atoms with Gasteiger partial charge in [0.25, 0.3) is 0 Å². The van der Waals surface area contributed by atoms with Gasteiger partial charge in [0.15, 0.2) is 0 Å². The van der Waals surface area contributed by atoms with Crippen LogP contribution in [-0.4, -0.2) is 18.2 Å². The predicted octanol–water partition coefficient (Wildman–Crippen LogP) is 1.23. The van der Waals surface area contributed by atoms with Crippen LogP contribution in [-0.2, 0) is 4.74 Å². The zero-order valence-electron chi connectivity index (χ0n) is 6.05. The van der Waals surface area contributed by atoms with E-state index in [-0.39, 0.29) is 6.04 Å². The number of ether oxygens (including phenoxy) is 1. The van der Waals surface area contributed by atoms with Gasteiger partial charge < -0.3 is 4.74 Å². The van der Waals surface area contributed by atoms with Crippen LogP contribution in [0.3, 0.4) is 0 Å². The van der Waals surface area contributed by atoms with Crippen LogP contribution in [0.4, 0.5) is 0 Å². The van der Waals surface area contributed by atoms with Crippen molar-refractivity contribution in [3.63, 3.8) is 0 Å². The van der Waals surface area contributed by atoms with Crippen molar-refractivity contribution in [2.75, 3.05) is 0 Å². The van der Waals surface area contributed by atoms with Crippen molar-refractivity contribution < 1.29 is 4.74 Å². The van der Waals surface area contributed by atoms with Crippen molar-refractivity contribution in [3.8, 4) is 0 Å². The van der Waals surface area contributed by atoms with E-state index >= 15 is 0 Å². The summed E-state index contributed by atoms with van der Waals surface area (Å²) >= 11 is 0. The first-order valence-electron chi connectivity index (χ1n) is 3.55. The first-order valence-corrected chi connectivity index (χ1v) is 3.55. The van der Waals surface area contributed by atoms with Gasteiger partial charge in [0, 0.05) is 6.04 Å². The molecule has 1 N–H and O–H groups in total. The van der Waals surface area contributed by atoms with E-state index in [4.69, 9.17) is 10.5 Å². The van der Waals surface area contributed by atoms with Gasteiger partial charge in [0.2, 0.25) is 0 Å². The van der Waals surface area contributed by atoms with Gasteiger partial charge in [-0.15, -0.1) is 0 Å². The molecule has 2 heteroatoms. The molecule has 1 heterocycles. The molecule has 0 spiro atoms. The Kier molecular flexibility index (Phi) is 2.09. The first kappa shape index (κ1) is 7.03. The minimum Gasteiger partial charge on any atom is -0.375 e. The first-order chi connectivity index (χ1) is 4.18. The largest absolute Gasteiger partial charge is 0.375 e. The number of nitrogens with one attached hydrogen (secondary N) is 1. The molecule has 0 amide bonds. The molecule has 1 radical (unpaired) electrons. The second-order valence-electron chi connectivity index (χ2n) is 2.93. The summed E-state index contributed by atoms with van der Waals surface area (Å²) in [5, 5.41) is 0. The molecule has 53 valence electrons. The maximum Gasteiger partial charge on any atom is 0.0566 e. The Morgan fingerprint density at radius 1 is 1.22 bits per heavy atom. The van der Waals surface area contributed by atoms with Gasteiger partial charge >= 0.3 is 0 Å². The molecular weight excluding hydrogens is 114 g/mol. The molecule has 1 saturated heterocycles. The van der Waals surface area contributed by atoms with E-state index in [0.29, 0.717) is 12.2 Å². The van der Waals surface area contributed by atoms with E-state index in [1.807, 2.05) is 13.8 Å². The van der Waals surface area contributed by atoms with E-state index in [0.717, 1.165) is 12.8 Å². The predicted molar refractivity (Wildman–Crippen MR) is 36.1 cm³/mol. The molecule has 0 aromatic rings. The van der Waals surface area contributed by atoms with Crippen LogP contribution in [0.25, 0.3) is 0 Å². The quantitative estimate of drug-likeness (QED) is 0.483. The minimum absolute atomic E-state index is 0.115. The van der Waals surface area contributed by atoms with Gasteiger partial charge in [-0.1, -0.05) is 0 Å². The third-order valence-electron chi connectivity index (χ3n) is 1.70. The second kappa shape index (κ2) is 2.67. The SMILES string of the molecule is CC1CC([NH])CC(C)O1. The monoisotopic (exact) mass is 128 g/mol. The minimum atomic E-state index is 0.115. The van der Waals surface area contributed by atoms with Crippen LogP contribution in [0, 0.1) is 0 Å². The third kappa shape index (κ3) is 1.95. The van der Waals surface area contributed by atoms with Crippen LogP contribution < -0.4 is 5.73 Å². The Morgan fingerprint density at radius 2 is 1.67 bits per heavy atom. The van der Waals surface area contributed by atoms with E-state index in [1.54, 1.807) is 0 Å². The second-order valence-corrected chi connectivity index (χ2v) is 2.93. The highest BCUT2D eigenvalue weighted by atomic mass is 16.5. The van der Waals surface area contributed by atoms with Gasteiger partial charge in [-0.05, 0) is 26.7 Å². The zero-order chi connectivity index (χ0) is 6.85. The molecule has 0 aromatic carbocycles. The maximum atomic E-state index is 7.45. The number of hydrogen-bond donors (Lipinski definition) is 0. The number of hydrogen-bond acceptors (Lipinski definition) is 1. The molecule has 0 saturated carbocycles. The normalized spacial score (nSPS) is 45.0. The van der Waals surface area contributed by atoms with Crippen LogP contribution in [0.2, 0.25) is 0 Å². The third-order valence-corrected chi connectivity index (χ3v) is 1.70. The number of rotatable bonds is 0. The summed E-state index contributed by atoms with van der Waals surface area (Å²) in [5.41, 5.74) is 7.45. The highest BCUT2D eigenvalue weighted by Crippen LogP contribution is 2.17. The van der Waals surface area contributed by atoms with E-state index in [1.165, 1.54) is 0 Å². The maximum absolute atomic E-state index is 7.45. The van der Waals surface area contributed by atoms with Gasteiger partial charge in [-0.25, -0.2) is 0 Å². The average Bonchev–Trinajstić information content (AvgIpc) is 1.59. The van der Waals surface area contributed by atoms with Crippen molar-refractivity contribution in [1.82, 2.24) is 5.73 Å². The van der Waals surface area contributed by atoms with Gasteiger partial charge in [-0.3, -0.25) is 5.73 Å². The van der Waals surface area contributed by atoms with E-state index in [9.17, 15) is 0 Å². The van der Waals surface area contributed by atoms with Gasteiger partial charge in [0.1, 0.15) is 0 Å². The Morgan fingerprint density at radius 3 is 2.00 bits per heavy atom. The molecule has 2 atom stereocenters. The lowest BCUT2D eigenvalue weighted by atomic mass is 10.0. The van der Waals surface area contributed by atoms with E-state index in [2.05, 4.69) is 0 Å². The van der Waals surface area contributed by atoms with Crippen molar-refractivity contribution in [3.05, 3.63) is 0 Å². The highest BCUT2D eigenvalue weighted by molar-refractivity contribution is 4.74. The fourth-order valence-corrected chi connectivity index (χ4v) is 1.41. The van der Waals surface area contributed by atoms with Crippen LogP contribution in [0.1, 0.15) is 26.7 Å². The zero-order valence-corrected chi connectivity index (χ0v) is 6.05. The summed E-state index contributed by atoms with van der Waals surface area (Å²) in [6.07, 6.45) is 2.42. The summed E-state index contributed by atoms with van der Waals surface area (Å²) in [6.45, 7) is 4.08. The fourth-order valence-electron chi connectivity index (χ4n) is 1.41. The highest BCUT2D eigenvalue weighted by Gasteiger charge is 2.21. The fraction of sp³-hybridized carbons (Fsp3) is 1.00. The summed E-state index contributed by atoms with van der Waals surface area (Å²) in [4.78, 5) is 0. The lowest BCUT2D eigenvalue weighted by molar-refractivity contribution is -0.0375. The van der Waals surface area contributed by atoms with Crippen LogP contribution >= 0.6 is 0 Å². The molecule has 1 fully saturated rings. The van der Waals surface area contributed by atoms with Crippen LogP contribution in [0.5, 0.6) is 0 Å². The molecule has 2 unspecified atom stereocenters. The lowest BCUT2D eigenvalue weighted by Crippen LogP contribution is -2.32. The summed E-state index contributed by atoms with van der Waals surface area (Å²) < 4.78 is 5.44. The Labute approximate surface area is 56.4 Å². The Balaban J connectivity index is 2.34. The molecule has 0 aromatic heterocycles. The van der Waals surface area contributed by atoms with E-state index < -0.39 is 0 Å². The Hall–Kier alpha value is -0.0800. The van der Waals surface area contributed by atoms with Gasteiger partial charge in [0.05, 0.1) is 12.2 Å². The molecule has 9 heavy (non-hydrogen) atoms. The molecular formula is C7H14NO. The standard InChI is InChI=1S/C7H14NO/c1-5-3-7(8)4-6(2)9-5/h5-8H,3-4H2,1-2H3. The van der Waals surface area contributed by atoms with Crippen molar-refractivity contribution in [1.29, 1.82) is 0 Å². The summed E-state index contributed by atoms with van der Waals surface area (Å²) in [6, 6.07) is 0.115. The van der Waals surface area contributed by atoms with Gasteiger partial charge in [-0.2, -0.15) is 0 Å².